The lowest BCUT2D eigenvalue weighted by Crippen LogP contribution is -2.46. The summed E-state index contributed by atoms with van der Waals surface area (Å²) >= 11 is 1.61. The molecule has 1 atom stereocenters. The van der Waals surface area contributed by atoms with Gasteiger partial charge in [-0.1, -0.05) is 31.2 Å². The summed E-state index contributed by atoms with van der Waals surface area (Å²) in [6.07, 6.45) is 2.34. The zero-order chi connectivity index (χ0) is 19.7. The second-order valence-corrected chi connectivity index (χ2v) is 8.24. The summed E-state index contributed by atoms with van der Waals surface area (Å²) in [4.78, 5) is 40.7. The number of imide groups is 1. The van der Waals surface area contributed by atoms with Crippen molar-refractivity contribution in [3.63, 3.8) is 0 Å². The van der Waals surface area contributed by atoms with Gasteiger partial charge >= 0.3 is 6.03 Å². The highest BCUT2D eigenvalue weighted by atomic mass is 32.1. The Labute approximate surface area is 167 Å². The number of rotatable bonds is 6. The van der Waals surface area contributed by atoms with Crippen molar-refractivity contribution < 1.29 is 14.4 Å². The van der Waals surface area contributed by atoms with E-state index in [2.05, 4.69) is 10.6 Å². The topological polar surface area (TPSA) is 78.5 Å². The molecule has 2 aliphatic rings. The molecule has 3 amide bonds. The summed E-state index contributed by atoms with van der Waals surface area (Å²) in [6.45, 7) is 3.41. The van der Waals surface area contributed by atoms with Gasteiger partial charge in [0.25, 0.3) is 5.91 Å². The average molecular weight is 398 g/mol. The predicted molar refractivity (Wildman–Crippen MR) is 107 cm³/mol. The molecule has 1 spiro atoms. The molecule has 1 aromatic carbocycles. The summed E-state index contributed by atoms with van der Waals surface area (Å²) in [5, 5.41) is 8.07. The third-order valence-electron chi connectivity index (χ3n) is 5.49. The molecule has 28 heavy (non-hydrogen) atoms. The maximum atomic E-state index is 13.2. The Morgan fingerprint density at radius 1 is 1.25 bits per heavy atom. The number of fused-ring (bicyclic) bond motifs is 2. The first-order valence-corrected chi connectivity index (χ1v) is 10.5. The molecule has 0 radical (unpaired) electrons. The molecule has 2 aromatic rings. The Hall–Kier alpha value is -2.51. The van der Waals surface area contributed by atoms with E-state index in [1.807, 2.05) is 30.5 Å². The number of amides is 3. The van der Waals surface area contributed by atoms with Gasteiger partial charge in [0, 0.05) is 22.5 Å². The van der Waals surface area contributed by atoms with Crippen LogP contribution < -0.4 is 10.6 Å². The largest absolute Gasteiger partial charge is 0.325 e. The Bertz CT molecular complexity index is 921. The molecule has 2 N–H and O–H groups in total. The molecule has 1 saturated heterocycles. The third kappa shape index (κ3) is 3.14. The van der Waals surface area contributed by atoms with Crippen molar-refractivity contribution in [3.8, 4) is 0 Å². The predicted octanol–water partition coefficient (Wildman–Crippen LogP) is 2.82. The number of hydrogen-bond donors (Lipinski definition) is 2. The number of hydrogen-bond acceptors (Lipinski definition) is 5. The second-order valence-electron chi connectivity index (χ2n) is 7.24. The number of carbonyl (C=O) groups excluding carboxylic acids is 3. The first-order chi connectivity index (χ1) is 13.5. The molecule has 0 saturated carbocycles. The van der Waals surface area contributed by atoms with Crippen LogP contribution in [-0.2, 0) is 23.3 Å². The number of Topliss-reactive ketones (excluding diaryl/α,β-unsaturated/α-hetero) is 1. The smallest absolute Gasteiger partial charge is 0.319 e. The SMILES string of the molecule is CCNCc1ccc(C(=O)CN2C(=O)NC3(CCCc4sccc43)C2=O)cc1. The van der Waals surface area contributed by atoms with Gasteiger partial charge in [0.2, 0.25) is 0 Å². The van der Waals surface area contributed by atoms with E-state index in [-0.39, 0.29) is 18.2 Å². The Morgan fingerprint density at radius 2 is 2.04 bits per heavy atom. The fourth-order valence-corrected chi connectivity index (χ4v) is 5.00. The van der Waals surface area contributed by atoms with Crippen molar-refractivity contribution in [3.05, 3.63) is 57.3 Å². The van der Waals surface area contributed by atoms with Gasteiger partial charge < -0.3 is 10.6 Å². The highest BCUT2D eigenvalue weighted by molar-refractivity contribution is 7.10. The lowest BCUT2D eigenvalue weighted by Gasteiger charge is -2.31. The highest BCUT2D eigenvalue weighted by Crippen LogP contribution is 2.42. The molecule has 1 aromatic heterocycles. The molecular weight excluding hydrogens is 374 g/mol. The number of nitrogens with one attached hydrogen (secondary N) is 2. The summed E-state index contributed by atoms with van der Waals surface area (Å²) < 4.78 is 0. The van der Waals surface area contributed by atoms with E-state index in [1.54, 1.807) is 23.5 Å². The van der Waals surface area contributed by atoms with Gasteiger partial charge in [-0.25, -0.2) is 4.79 Å². The molecule has 1 aliphatic carbocycles. The fourth-order valence-electron chi connectivity index (χ4n) is 4.00. The van der Waals surface area contributed by atoms with Gasteiger partial charge in [-0.05, 0) is 42.8 Å². The van der Waals surface area contributed by atoms with Gasteiger partial charge in [0.1, 0.15) is 5.54 Å². The number of carbonyl (C=O) groups is 3. The van der Waals surface area contributed by atoms with Crippen LogP contribution >= 0.6 is 11.3 Å². The number of benzene rings is 1. The summed E-state index contributed by atoms with van der Waals surface area (Å²) in [7, 11) is 0. The molecule has 2 heterocycles. The van der Waals surface area contributed by atoms with E-state index in [1.165, 1.54) is 0 Å². The number of aryl methyl sites for hydroxylation is 1. The minimum atomic E-state index is -0.999. The molecule has 4 rings (SSSR count). The standard InChI is InChI=1S/C21H23N3O3S/c1-2-22-12-14-5-7-15(8-6-14)17(25)13-24-19(26)21(23-20(24)27)10-3-4-18-16(21)9-11-28-18/h5-9,11,22H,2-4,10,12-13H2,1H3,(H,23,27). The van der Waals surface area contributed by atoms with Crippen LogP contribution in [0.25, 0.3) is 0 Å². The van der Waals surface area contributed by atoms with Crippen LogP contribution in [0.15, 0.2) is 35.7 Å². The molecule has 0 bridgehead atoms. The fraction of sp³-hybridized carbons (Fsp3) is 0.381. The lowest BCUT2D eigenvalue weighted by molar-refractivity contribution is -0.131. The summed E-state index contributed by atoms with van der Waals surface area (Å²) in [6, 6.07) is 8.72. The van der Waals surface area contributed by atoms with E-state index in [4.69, 9.17) is 0 Å². The maximum absolute atomic E-state index is 13.2. The molecule has 7 heteroatoms. The van der Waals surface area contributed by atoms with Gasteiger partial charge in [-0.2, -0.15) is 0 Å². The number of ketones is 1. The van der Waals surface area contributed by atoms with Gasteiger partial charge in [-0.15, -0.1) is 11.3 Å². The van der Waals surface area contributed by atoms with Gasteiger partial charge in [0.15, 0.2) is 5.78 Å². The van der Waals surface area contributed by atoms with Crippen LogP contribution in [0.2, 0.25) is 0 Å². The molecular formula is C21H23N3O3S. The van der Waals surface area contributed by atoms with E-state index >= 15 is 0 Å². The Kier molecular flexibility index (Phi) is 5.03. The molecule has 1 unspecified atom stereocenters. The van der Waals surface area contributed by atoms with Crippen LogP contribution in [0, 0.1) is 0 Å². The third-order valence-corrected chi connectivity index (χ3v) is 6.47. The Morgan fingerprint density at radius 3 is 2.79 bits per heavy atom. The van der Waals surface area contributed by atoms with Crippen LogP contribution in [0.3, 0.4) is 0 Å². The summed E-state index contributed by atoms with van der Waals surface area (Å²) in [5.74, 6) is -0.550. The first kappa shape index (κ1) is 18.8. The monoisotopic (exact) mass is 397 g/mol. The number of nitrogens with zero attached hydrogens (tertiary/aromatic N) is 1. The quantitative estimate of drug-likeness (QED) is 0.580. The van der Waals surface area contributed by atoms with Crippen LogP contribution in [0.1, 0.15) is 46.1 Å². The average Bonchev–Trinajstić information content (AvgIpc) is 3.27. The van der Waals surface area contributed by atoms with Crippen molar-refractivity contribution in [1.82, 2.24) is 15.5 Å². The van der Waals surface area contributed by atoms with E-state index in [0.29, 0.717) is 12.0 Å². The molecule has 6 nitrogen and oxygen atoms in total. The maximum Gasteiger partial charge on any atom is 0.325 e. The van der Waals surface area contributed by atoms with E-state index in [9.17, 15) is 14.4 Å². The summed E-state index contributed by atoms with van der Waals surface area (Å²) in [5.41, 5.74) is 1.48. The second kappa shape index (κ2) is 7.48. The van der Waals surface area contributed by atoms with Crippen molar-refractivity contribution in [2.45, 2.75) is 38.3 Å². The van der Waals surface area contributed by atoms with Crippen molar-refractivity contribution in [2.24, 2.45) is 0 Å². The number of thiophene rings is 1. The normalized spacial score (nSPS) is 21.1. The minimum absolute atomic E-state index is 0.238. The first-order valence-electron chi connectivity index (χ1n) is 9.59. The molecule has 146 valence electrons. The number of urea groups is 1. The highest BCUT2D eigenvalue weighted by Gasteiger charge is 2.54. The van der Waals surface area contributed by atoms with E-state index < -0.39 is 11.6 Å². The van der Waals surface area contributed by atoms with Crippen LogP contribution in [-0.4, -0.2) is 35.7 Å². The van der Waals surface area contributed by atoms with Crippen LogP contribution in [0.5, 0.6) is 0 Å². The minimum Gasteiger partial charge on any atom is -0.319 e. The van der Waals surface area contributed by atoms with Gasteiger partial charge in [0.05, 0.1) is 6.54 Å². The van der Waals surface area contributed by atoms with Gasteiger partial charge in [-0.3, -0.25) is 14.5 Å². The lowest BCUT2D eigenvalue weighted by atomic mass is 9.80. The van der Waals surface area contributed by atoms with Crippen molar-refractivity contribution >= 4 is 29.1 Å². The van der Waals surface area contributed by atoms with Crippen molar-refractivity contribution in [1.29, 1.82) is 0 Å². The zero-order valence-electron chi connectivity index (χ0n) is 15.8. The molecule has 1 fully saturated rings. The van der Waals surface area contributed by atoms with Crippen LogP contribution in [0.4, 0.5) is 4.79 Å². The molecule has 1 aliphatic heterocycles. The Balaban J connectivity index is 1.51. The van der Waals surface area contributed by atoms with E-state index in [0.717, 1.165) is 46.8 Å². The van der Waals surface area contributed by atoms with Crippen molar-refractivity contribution in [2.75, 3.05) is 13.1 Å². The zero-order valence-corrected chi connectivity index (χ0v) is 16.6.